The van der Waals surface area contributed by atoms with Gasteiger partial charge in [-0.15, -0.1) is 10.2 Å². The van der Waals surface area contributed by atoms with Gasteiger partial charge in [-0.1, -0.05) is 60.7 Å². The molecule has 2 aromatic carbocycles. The van der Waals surface area contributed by atoms with E-state index in [0.29, 0.717) is 11.4 Å². The Hall–Kier alpha value is -3.12. The number of hydrogen-bond acceptors (Lipinski definition) is 5. The minimum Gasteiger partial charge on any atom is -0.273 e. The van der Waals surface area contributed by atoms with Crippen molar-refractivity contribution >= 4 is 11.9 Å². The summed E-state index contributed by atoms with van der Waals surface area (Å²) < 4.78 is 0. The smallest absolute Gasteiger partial charge is 0.267 e. The Morgan fingerprint density at radius 3 is 1.91 bits per heavy atom. The summed E-state index contributed by atoms with van der Waals surface area (Å²) in [5.41, 5.74) is 3.03. The van der Waals surface area contributed by atoms with Crippen LogP contribution in [-0.4, -0.2) is 21.1 Å². The van der Waals surface area contributed by atoms with E-state index < -0.39 is 0 Å². The maximum Gasteiger partial charge on any atom is 0.267 e. The van der Waals surface area contributed by atoms with Crippen LogP contribution in [0.15, 0.2) is 60.7 Å². The molecule has 0 aliphatic heterocycles. The summed E-state index contributed by atoms with van der Waals surface area (Å²) in [7, 11) is 0. The van der Waals surface area contributed by atoms with Gasteiger partial charge in [-0.2, -0.15) is 0 Å². The van der Waals surface area contributed by atoms with Crippen LogP contribution in [0.1, 0.15) is 6.92 Å². The Balaban J connectivity index is 2.19. The molecule has 2 N–H and O–H groups in total. The topological polar surface area (TPSA) is 85.0 Å². The molecule has 0 bridgehead atoms. The summed E-state index contributed by atoms with van der Waals surface area (Å²) in [5, 5.41) is 9.11. The minimum atomic E-state index is -0.363. The van der Waals surface area contributed by atoms with E-state index in [1.807, 2.05) is 60.7 Å². The van der Waals surface area contributed by atoms with E-state index in [9.17, 15) is 4.79 Å². The highest BCUT2D eigenvalue weighted by molar-refractivity contribution is 5.89. The van der Waals surface area contributed by atoms with Gasteiger partial charge in [0.25, 0.3) is 5.95 Å². The van der Waals surface area contributed by atoms with Crippen molar-refractivity contribution in [2.24, 2.45) is 5.84 Å². The lowest BCUT2D eigenvalue weighted by Crippen LogP contribution is -2.37. The predicted octanol–water partition coefficient (Wildman–Crippen LogP) is 2.43. The van der Waals surface area contributed by atoms with Crippen LogP contribution in [0, 0.1) is 0 Å². The SMILES string of the molecule is CC(=O)N(N)c1nnc(-c2ccccc2)c(-c2ccccc2)n1. The van der Waals surface area contributed by atoms with Crippen molar-refractivity contribution in [2.75, 3.05) is 5.01 Å². The summed E-state index contributed by atoms with van der Waals surface area (Å²) in [4.78, 5) is 15.9. The van der Waals surface area contributed by atoms with Crippen molar-refractivity contribution in [3.05, 3.63) is 60.7 Å². The zero-order valence-electron chi connectivity index (χ0n) is 12.5. The molecule has 3 aromatic rings. The van der Waals surface area contributed by atoms with E-state index in [0.717, 1.165) is 16.1 Å². The largest absolute Gasteiger partial charge is 0.273 e. The van der Waals surface area contributed by atoms with Crippen LogP contribution in [0.5, 0.6) is 0 Å². The van der Waals surface area contributed by atoms with Gasteiger partial charge < -0.3 is 0 Å². The monoisotopic (exact) mass is 305 g/mol. The Morgan fingerprint density at radius 1 is 0.870 bits per heavy atom. The molecule has 3 rings (SSSR count). The molecule has 0 radical (unpaired) electrons. The van der Waals surface area contributed by atoms with Gasteiger partial charge in [0.1, 0.15) is 11.4 Å². The predicted molar refractivity (Wildman–Crippen MR) is 88.0 cm³/mol. The van der Waals surface area contributed by atoms with Crippen molar-refractivity contribution in [3.8, 4) is 22.5 Å². The molecule has 0 saturated carbocycles. The van der Waals surface area contributed by atoms with E-state index in [1.165, 1.54) is 6.92 Å². The minimum absolute atomic E-state index is 0.0658. The maximum atomic E-state index is 11.4. The third-order valence-electron chi connectivity index (χ3n) is 3.32. The lowest BCUT2D eigenvalue weighted by molar-refractivity contribution is -0.116. The summed E-state index contributed by atoms with van der Waals surface area (Å²) in [6, 6.07) is 19.2. The fraction of sp³-hybridized carbons (Fsp3) is 0.0588. The molecular formula is C17H15N5O. The maximum absolute atomic E-state index is 11.4. The molecule has 0 unspecified atom stereocenters. The van der Waals surface area contributed by atoms with Crippen molar-refractivity contribution in [3.63, 3.8) is 0 Å². The molecule has 23 heavy (non-hydrogen) atoms. The number of carbonyl (C=O) groups is 1. The molecule has 1 heterocycles. The van der Waals surface area contributed by atoms with Gasteiger partial charge in [0.2, 0.25) is 5.91 Å². The molecule has 0 aliphatic carbocycles. The van der Waals surface area contributed by atoms with Crippen LogP contribution >= 0.6 is 0 Å². The van der Waals surface area contributed by atoms with Gasteiger partial charge in [-0.05, 0) is 0 Å². The van der Waals surface area contributed by atoms with E-state index in [2.05, 4.69) is 15.2 Å². The first-order valence-corrected chi connectivity index (χ1v) is 7.08. The number of nitrogens with two attached hydrogens (primary N) is 1. The number of rotatable bonds is 3. The average molecular weight is 305 g/mol. The van der Waals surface area contributed by atoms with Gasteiger partial charge in [-0.3, -0.25) is 4.79 Å². The number of aromatic nitrogens is 3. The summed E-state index contributed by atoms with van der Waals surface area (Å²) in [6.07, 6.45) is 0. The summed E-state index contributed by atoms with van der Waals surface area (Å²) in [6.45, 7) is 1.34. The Bertz CT molecular complexity index is 821. The van der Waals surface area contributed by atoms with Crippen LogP contribution in [0.3, 0.4) is 0 Å². The van der Waals surface area contributed by atoms with Crippen LogP contribution < -0.4 is 10.9 Å². The molecular weight excluding hydrogens is 290 g/mol. The fourth-order valence-corrected chi connectivity index (χ4v) is 2.15. The first kappa shape index (κ1) is 14.8. The molecule has 0 saturated heterocycles. The van der Waals surface area contributed by atoms with E-state index in [-0.39, 0.29) is 11.9 Å². The molecule has 0 atom stereocenters. The van der Waals surface area contributed by atoms with Crippen molar-refractivity contribution in [2.45, 2.75) is 6.92 Å². The van der Waals surface area contributed by atoms with Crippen LogP contribution in [0.25, 0.3) is 22.5 Å². The number of anilines is 1. The number of carbonyl (C=O) groups excluding carboxylic acids is 1. The molecule has 6 nitrogen and oxygen atoms in total. The van der Waals surface area contributed by atoms with Crippen molar-refractivity contribution in [1.29, 1.82) is 0 Å². The Labute approximate surface area is 133 Å². The third kappa shape index (κ3) is 3.07. The highest BCUT2D eigenvalue weighted by Gasteiger charge is 2.17. The highest BCUT2D eigenvalue weighted by atomic mass is 16.2. The van der Waals surface area contributed by atoms with E-state index in [4.69, 9.17) is 5.84 Å². The molecule has 1 amide bonds. The lowest BCUT2D eigenvalue weighted by atomic mass is 10.0. The van der Waals surface area contributed by atoms with E-state index >= 15 is 0 Å². The second-order valence-corrected chi connectivity index (χ2v) is 4.93. The number of hydrazine groups is 1. The quantitative estimate of drug-likeness (QED) is 0.456. The Kier molecular flexibility index (Phi) is 4.07. The van der Waals surface area contributed by atoms with Gasteiger partial charge >= 0.3 is 0 Å². The molecule has 0 aliphatic rings. The molecule has 114 valence electrons. The third-order valence-corrected chi connectivity index (χ3v) is 3.32. The second-order valence-electron chi connectivity index (χ2n) is 4.93. The average Bonchev–Trinajstić information content (AvgIpc) is 2.62. The van der Waals surface area contributed by atoms with Crippen LogP contribution in [0.4, 0.5) is 5.95 Å². The van der Waals surface area contributed by atoms with Gasteiger partial charge in [0.05, 0.1) is 0 Å². The molecule has 0 fully saturated rings. The standard InChI is InChI=1S/C17H15N5O/c1-12(23)22(18)17-19-15(13-8-4-2-5-9-13)16(20-21-17)14-10-6-3-7-11-14/h2-11H,18H2,1H3. The normalized spacial score (nSPS) is 10.3. The van der Waals surface area contributed by atoms with Crippen LogP contribution in [0.2, 0.25) is 0 Å². The van der Waals surface area contributed by atoms with Gasteiger partial charge in [0, 0.05) is 18.1 Å². The first-order valence-electron chi connectivity index (χ1n) is 7.08. The first-order chi connectivity index (χ1) is 11.2. The fourth-order valence-electron chi connectivity index (χ4n) is 2.15. The van der Waals surface area contributed by atoms with Crippen molar-refractivity contribution in [1.82, 2.24) is 15.2 Å². The highest BCUT2D eigenvalue weighted by Crippen LogP contribution is 2.28. The number of amides is 1. The number of benzene rings is 2. The van der Waals surface area contributed by atoms with Gasteiger partial charge in [0.15, 0.2) is 0 Å². The lowest BCUT2D eigenvalue weighted by Gasteiger charge is -2.14. The van der Waals surface area contributed by atoms with E-state index in [1.54, 1.807) is 0 Å². The molecule has 6 heteroatoms. The number of nitrogens with zero attached hydrogens (tertiary/aromatic N) is 4. The van der Waals surface area contributed by atoms with Crippen molar-refractivity contribution < 1.29 is 4.79 Å². The van der Waals surface area contributed by atoms with Crippen LogP contribution in [-0.2, 0) is 4.79 Å². The number of hydrogen-bond donors (Lipinski definition) is 1. The molecule has 1 aromatic heterocycles. The zero-order valence-corrected chi connectivity index (χ0v) is 12.5. The summed E-state index contributed by atoms with van der Waals surface area (Å²) >= 11 is 0. The second kappa shape index (κ2) is 6.33. The zero-order chi connectivity index (χ0) is 16.2. The van der Waals surface area contributed by atoms with Gasteiger partial charge in [-0.25, -0.2) is 15.8 Å². The molecule has 0 spiro atoms. The summed E-state index contributed by atoms with van der Waals surface area (Å²) in [5.74, 6) is 5.40. The Morgan fingerprint density at radius 2 is 1.39 bits per heavy atom.